The van der Waals surface area contributed by atoms with E-state index >= 15 is 0 Å². The van der Waals surface area contributed by atoms with Crippen LogP contribution < -0.4 is 0 Å². The maximum absolute atomic E-state index is 11.2. The van der Waals surface area contributed by atoms with Gasteiger partial charge in [-0.05, 0) is 12.0 Å². The van der Waals surface area contributed by atoms with Crippen LogP contribution in [0.1, 0.15) is 18.9 Å². The van der Waals surface area contributed by atoms with Crippen LogP contribution >= 0.6 is 0 Å². The average molecular weight is 238 g/mol. The predicted molar refractivity (Wildman–Crippen MR) is 59.4 cm³/mol. The van der Waals surface area contributed by atoms with Gasteiger partial charge in [0.1, 0.15) is 6.61 Å². The molecule has 92 valence electrons. The number of hydrogen-bond acceptors (Lipinski definition) is 4. The molecule has 1 aromatic carbocycles. The standard InChI is InChI=1S/C12H14O5/c1-2-10(11(13)14)17-12(15)16-8-9-6-4-3-5-7-9/h3-7,10H,2,8H2,1H3,(H,13,14). The Morgan fingerprint density at radius 1 is 1.29 bits per heavy atom. The molecule has 0 aromatic heterocycles. The number of carboxylic acids is 1. The summed E-state index contributed by atoms with van der Waals surface area (Å²) in [5.41, 5.74) is 0.813. The summed E-state index contributed by atoms with van der Waals surface area (Å²) in [4.78, 5) is 21.8. The monoisotopic (exact) mass is 238 g/mol. The molecule has 0 bridgehead atoms. The van der Waals surface area contributed by atoms with Gasteiger partial charge in [0.2, 0.25) is 6.10 Å². The molecule has 0 fully saturated rings. The van der Waals surface area contributed by atoms with Gasteiger partial charge in [-0.15, -0.1) is 0 Å². The molecule has 1 atom stereocenters. The first-order valence-electron chi connectivity index (χ1n) is 5.23. The van der Waals surface area contributed by atoms with Gasteiger partial charge in [0.15, 0.2) is 0 Å². The summed E-state index contributed by atoms with van der Waals surface area (Å²) in [6.45, 7) is 1.68. The molecule has 0 saturated heterocycles. The minimum absolute atomic E-state index is 0.0652. The Hall–Kier alpha value is -2.04. The fourth-order valence-corrected chi connectivity index (χ4v) is 1.18. The maximum Gasteiger partial charge on any atom is 0.509 e. The molecular weight excluding hydrogens is 224 g/mol. The highest BCUT2D eigenvalue weighted by molar-refractivity contribution is 5.75. The van der Waals surface area contributed by atoms with Crippen molar-refractivity contribution in [3.05, 3.63) is 35.9 Å². The van der Waals surface area contributed by atoms with E-state index in [1.54, 1.807) is 19.1 Å². The molecule has 0 saturated carbocycles. The molecule has 0 aliphatic heterocycles. The zero-order valence-electron chi connectivity index (χ0n) is 9.46. The zero-order valence-corrected chi connectivity index (χ0v) is 9.46. The molecule has 5 nitrogen and oxygen atoms in total. The Morgan fingerprint density at radius 2 is 1.94 bits per heavy atom. The second-order valence-electron chi connectivity index (χ2n) is 3.38. The van der Waals surface area contributed by atoms with Crippen molar-refractivity contribution in [3.63, 3.8) is 0 Å². The summed E-state index contributed by atoms with van der Waals surface area (Å²) in [6.07, 6.45) is -1.92. The van der Waals surface area contributed by atoms with Crippen LogP contribution in [0.4, 0.5) is 4.79 Å². The van der Waals surface area contributed by atoms with Gasteiger partial charge in [0, 0.05) is 0 Å². The van der Waals surface area contributed by atoms with E-state index < -0.39 is 18.2 Å². The van der Waals surface area contributed by atoms with Gasteiger partial charge < -0.3 is 14.6 Å². The number of aliphatic carboxylic acids is 1. The Kier molecular flexibility index (Phi) is 5.00. The van der Waals surface area contributed by atoms with Gasteiger partial charge in [-0.3, -0.25) is 0 Å². The van der Waals surface area contributed by atoms with E-state index in [0.29, 0.717) is 0 Å². The van der Waals surface area contributed by atoms with E-state index in [1.165, 1.54) is 0 Å². The number of ether oxygens (including phenoxy) is 2. The summed E-state index contributed by atoms with van der Waals surface area (Å²) >= 11 is 0. The molecule has 0 heterocycles. The lowest BCUT2D eigenvalue weighted by Crippen LogP contribution is -2.26. The van der Waals surface area contributed by atoms with Crippen molar-refractivity contribution in [2.45, 2.75) is 26.1 Å². The normalized spacial score (nSPS) is 11.6. The molecule has 0 radical (unpaired) electrons. The fourth-order valence-electron chi connectivity index (χ4n) is 1.18. The fraction of sp³-hybridized carbons (Fsp3) is 0.333. The summed E-state index contributed by atoms with van der Waals surface area (Å²) in [7, 11) is 0. The molecule has 17 heavy (non-hydrogen) atoms. The van der Waals surface area contributed by atoms with Gasteiger partial charge in [0.05, 0.1) is 0 Å². The minimum atomic E-state index is -1.18. The maximum atomic E-state index is 11.2. The molecule has 0 aliphatic rings. The van der Waals surface area contributed by atoms with Crippen LogP contribution in [-0.4, -0.2) is 23.3 Å². The molecule has 5 heteroatoms. The number of benzene rings is 1. The number of rotatable bonds is 5. The Labute approximate surface area is 99.0 Å². The van der Waals surface area contributed by atoms with Crippen molar-refractivity contribution in [2.24, 2.45) is 0 Å². The van der Waals surface area contributed by atoms with Crippen LogP contribution in [-0.2, 0) is 20.9 Å². The lowest BCUT2D eigenvalue weighted by molar-refractivity contribution is -0.148. The van der Waals surface area contributed by atoms with Crippen molar-refractivity contribution in [2.75, 3.05) is 0 Å². The van der Waals surface area contributed by atoms with E-state index in [1.807, 2.05) is 18.2 Å². The summed E-state index contributed by atoms with van der Waals surface area (Å²) in [6, 6.07) is 9.06. The largest absolute Gasteiger partial charge is 0.509 e. The second kappa shape index (κ2) is 6.52. The van der Waals surface area contributed by atoms with Crippen molar-refractivity contribution in [1.29, 1.82) is 0 Å². The van der Waals surface area contributed by atoms with E-state index in [2.05, 4.69) is 4.74 Å². The van der Waals surface area contributed by atoms with Crippen molar-refractivity contribution in [1.82, 2.24) is 0 Å². The number of hydrogen-bond donors (Lipinski definition) is 1. The highest BCUT2D eigenvalue weighted by Crippen LogP contribution is 2.04. The topological polar surface area (TPSA) is 72.8 Å². The first-order chi connectivity index (χ1) is 8.13. The smallest absolute Gasteiger partial charge is 0.479 e. The first-order valence-corrected chi connectivity index (χ1v) is 5.23. The first kappa shape index (κ1) is 13.0. The highest BCUT2D eigenvalue weighted by Gasteiger charge is 2.20. The summed E-state index contributed by atoms with van der Waals surface area (Å²) < 4.78 is 9.41. The van der Waals surface area contributed by atoms with E-state index in [4.69, 9.17) is 9.84 Å². The minimum Gasteiger partial charge on any atom is -0.479 e. The van der Waals surface area contributed by atoms with E-state index in [0.717, 1.165) is 5.56 Å². The molecule has 0 spiro atoms. The molecule has 1 rings (SSSR count). The Morgan fingerprint density at radius 3 is 2.47 bits per heavy atom. The van der Waals surface area contributed by atoms with Gasteiger partial charge in [-0.2, -0.15) is 0 Å². The third-order valence-electron chi connectivity index (χ3n) is 2.08. The second-order valence-corrected chi connectivity index (χ2v) is 3.38. The lowest BCUT2D eigenvalue weighted by atomic mass is 10.2. The van der Waals surface area contributed by atoms with Gasteiger partial charge >= 0.3 is 12.1 Å². The number of carbonyl (C=O) groups excluding carboxylic acids is 1. The van der Waals surface area contributed by atoms with Crippen LogP contribution in [0.5, 0.6) is 0 Å². The van der Waals surface area contributed by atoms with Gasteiger partial charge in [-0.1, -0.05) is 37.3 Å². The zero-order chi connectivity index (χ0) is 12.7. The highest BCUT2D eigenvalue weighted by atomic mass is 16.7. The Balaban J connectivity index is 2.37. The quantitative estimate of drug-likeness (QED) is 0.796. The lowest BCUT2D eigenvalue weighted by Gasteiger charge is -2.11. The predicted octanol–water partition coefficient (Wildman–Crippen LogP) is 2.20. The molecule has 1 unspecified atom stereocenters. The van der Waals surface area contributed by atoms with Crippen molar-refractivity contribution in [3.8, 4) is 0 Å². The molecule has 1 aromatic rings. The number of carboxylic acid groups (broad SMARTS) is 1. The third-order valence-corrected chi connectivity index (χ3v) is 2.08. The van der Waals surface area contributed by atoms with Crippen LogP contribution in [0.25, 0.3) is 0 Å². The van der Waals surface area contributed by atoms with Gasteiger partial charge in [-0.25, -0.2) is 9.59 Å². The van der Waals surface area contributed by atoms with Crippen LogP contribution in [0.2, 0.25) is 0 Å². The van der Waals surface area contributed by atoms with E-state index in [-0.39, 0.29) is 13.0 Å². The van der Waals surface area contributed by atoms with Crippen LogP contribution in [0.3, 0.4) is 0 Å². The molecule has 0 aliphatic carbocycles. The van der Waals surface area contributed by atoms with Gasteiger partial charge in [0.25, 0.3) is 0 Å². The van der Waals surface area contributed by atoms with Crippen molar-refractivity contribution < 1.29 is 24.2 Å². The Bertz CT molecular complexity index is 374. The molecular formula is C12H14O5. The van der Waals surface area contributed by atoms with Crippen LogP contribution in [0.15, 0.2) is 30.3 Å². The van der Waals surface area contributed by atoms with E-state index in [9.17, 15) is 9.59 Å². The SMILES string of the molecule is CCC(OC(=O)OCc1ccccc1)C(=O)O. The average Bonchev–Trinajstić information content (AvgIpc) is 2.34. The molecule has 0 amide bonds. The number of carbonyl (C=O) groups is 2. The summed E-state index contributed by atoms with van der Waals surface area (Å²) in [5, 5.41) is 8.67. The third kappa shape index (κ3) is 4.55. The van der Waals surface area contributed by atoms with Crippen molar-refractivity contribution >= 4 is 12.1 Å². The van der Waals surface area contributed by atoms with Crippen LogP contribution in [0, 0.1) is 0 Å². The summed E-state index contributed by atoms with van der Waals surface area (Å²) in [5.74, 6) is -1.18. The molecule has 1 N–H and O–H groups in total.